The molecule has 0 rings (SSSR count). The topological polar surface area (TPSA) is 76.1 Å². The van der Waals surface area contributed by atoms with Crippen molar-refractivity contribution in [1.82, 2.24) is 4.90 Å². The van der Waals surface area contributed by atoms with Gasteiger partial charge in [0, 0.05) is 7.05 Å². The van der Waals surface area contributed by atoms with Crippen molar-refractivity contribution in [1.29, 1.82) is 0 Å². The van der Waals surface area contributed by atoms with Gasteiger partial charge in [0.15, 0.2) is 6.04 Å². The lowest BCUT2D eigenvalue weighted by molar-refractivity contribution is -0.147. The first-order valence-electron chi connectivity index (χ1n) is 6.16. The second kappa shape index (κ2) is 6.23. The van der Waals surface area contributed by atoms with Crippen LogP contribution in [-0.4, -0.2) is 53.0 Å². The predicted molar refractivity (Wildman–Crippen MR) is 71.1 cm³/mol. The molecule has 1 N–H and O–H groups in total. The molecule has 0 spiro atoms. The van der Waals surface area contributed by atoms with Gasteiger partial charge in [-0.05, 0) is 41.5 Å². The summed E-state index contributed by atoms with van der Waals surface area (Å²) in [5.74, 6) is -1.13. The highest BCUT2D eigenvalue weighted by atomic mass is 16.6. The van der Waals surface area contributed by atoms with E-state index in [1.165, 1.54) is 7.05 Å². The minimum atomic E-state index is -1.13. The molecule has 0 aliphatic heterocycles. The molecule has 1 amide bonds. The van der Waals surface area contributed by atoms with Crippen LogP contribution in [0.4, 0.5) is 4.79 Å². The number of hydrogen-bond acceptors (Lipinski definition) is 4. The second-order valence-electron chi connectivity index (χ2n) is 6.37. The highest BCUT2D eigenvalue weighted by Crippen LogP contribution is 2.13. The Morgan fingerprint density at radius 2 is 1.58 bits per heavy atom. The van der Waals surface area contributed by atoms with Gasteiger partial charge < -0.3 is 14.6 Å². The number of hydrogen-bond donors (Lipinski definition) is 1. The number of ether oxygens (including phenoxy) is 2. The van der Waals surface area contributed by atoms with Crippen LogP contribution in [0.3, 0.4) is 0 Å². The van der Waals surface area contributed by atoms with Crippen LogP contribution in [0.2, 0.25) is 0 Å². The molecule has 0 aromatic carbocycles. The molecule has 0 bridgehead atoms. The van der Waals surface area contributed by atoms with Gasteiger partial charge in [-0.15, -0.1) is 0 Å². The van der Waals surface area contributed by atoms with Gasteiger partial charge in [0.05, 0.1) is 12.2 Å². The molecule has 0 saturated heterocycles. The van der Waals surface area contributed by atoms with Crippen molar-refractivity contribution in [2.24, 2.45) is 0 Å². The van der Waals surface area contributed by atoms with Gasteiger partial charge in [-0.2, -0.15) is 0 Å². The Hall–Kier alpha value is -1.30. The quantitative estimate of drug-likeness (QED) is 0.850. The van der Waals surface area contributed by atoms with Crippen LogP contribution in [0.1, 0.15) is 41.5 Å². The largest absolute Gasteiger partial charge is 0.480 e. The number of nitrogens with zero attached hydrogens (tertiary/aromatic N) is 1. The molecule has 0 aliphatic carbocycles. The number of likely N-dealkylation sites (N-methyl/N-ethyl adjacent to an activating group) is 1. The molecule has 19 heavy (non-hydrogen) atoms. The predicted octanol–water partition coefficient (Wildman–Crippen LogP) is 2.12. The summed E-state index contributed by atoms with van der Waals surface area (Å²) in [6.45, 7) is 10.5. The maximum atomic E-state index is 11.8. The summed E-state index contributed by atoms with van der Waals surface area (Å²) in [5.41, 5.74) is -1.14. The van der Waals surface area contributed by atoms with Crippen molar-refractivity contribution in [3.63, 3.8) is 0 Å². The number of carbonyl (C=O) groups excluding carboxylic acids is 1. The molecular weight excluding hydrogens is 250 g/mol. The second-order valence-corrected chi connectivity index (χ2v) is 6.37. The number of carboxylic acids is 1. The van der Waals surface area contributed by atoms with Crippen LogP contribution in [-0.2, 0) is 14.3 Å². The molecule has 0 aromatic heterocycles. The zero-order chi connectivity index (χ0) is 15.4. The molecule has 1 atom stereocenters. The van der Waals surface area contributed by atoms with Crippen LogP contribution < -0.4 is 0 Å². The Morgan fingerprint density at radius 1 is 1.11 bits per heavy atom. The van der Waals surface area contributed by atoms with E-state index in [2.05, 4.69) is 0 Å². The van der Waals surface area contributed by atoms with E-state index in [0.29, 0.717) is 0 Å². The first kappa shape index (κ1) is 17.7. The average Bonchev–Trinajstić information content (AvgIpc) is 2.12. The van der Waals surface area contributed by atoms with Crippen LogP contribution >= 0.6 is 0 Å². The zero-order valence-corrected chi connectivity index (χ0v) is 12.8. The number of carboxylic acid groups (broad SMARTS) is 1. The molecule has 0 saturated carbocycles. The van der Waals surface area contributed by atoms with E-state index in [-0.39, 0.29) is 6.61 Å². The van der Waals surface area contributed by atoms with E-state index in [0.717, 1.165) is 4.90 Å². The van der Waals surface area contributed by atoms with Gasteiger partial charge in [0.2, 0.25) is 0 Å². The summed E-state index contributed by atoms with van der Waals surface area (Å²) >= 11 is 0. The van der Waals surface area contributed by atoms with E-state index >= 15 is 0 Å². The van der Waals surface area contributed by atoms with Gasteiger partial charge in [-0.1, -0.05) is 0 Å². The monoisotopic (exact) mass is 275 g/mol. The third-order valence-corrected chi connectivity index (χ3v) is 2.11. The lowest BCUT2D eigenvalue weighted by Gasteiger charge is -2.30. The van der Waals surface area contributed by atoms with E-state index in [1.807, 2.05) is 20.8 Å². The average molecular weight is 275 g/mol. The summed E-state index contributed by atoms with van der Waals surface area (Å²) in [6.07, 6.45) is -0.683. The van der Waals surface area contributed by atoms with E-state index in [4.69, 9.17) is 14.6 Å². The fraction of sp³-hybridized carbons (Fsp3) is 0.846. The molecular formula is C13H25NO5. The molecule has 0 unspecified atom stereocenters. The minimum absolute atomic E-state index is 0.0887. The Bertz CT molecular complexity index is 327. The van der Waals surface area contributed by atoms with Crippen LogP contribution in [0.5, 0.6) is 0 Å². The Labute approximate surface area is 114 Å². The Kier molecular flexibility index (Phi) is 5.81. The zero-order valence-electron chi connectivity index (χ0n) is 12.8. The fourth-order valence-electron chi connectivity index (χ4n) is 1.14. The van der Waals surface area contributed by atoms with Gasteiger partial charge in [0.1, 0.15) is 5.60 Å². The standard InChI is InChI=1S/C13H25NO5/c1-12(2,3)18-8-9(10(15)16)14(7)11(17)19-13(4,5)6/h9H,8H2,1-7H3,(H,15,16)/t9-/m0/s1. The van der Waals surface area contributed by atoms with Crippen molar-refractivity contribution < 1.29 is 24.2 Å². The Balaban J connectivity index is 4.71. The van der Waals surface area contributed by atoms with Crippen LogP contribution in [0, 0.1) is 0 Å². The summed E-state index contributed by atoms with van der Waals surface area (Å²) in [4.78, 5) is 24.1. The van der Waals surface area contributed by atoms with Gasteiger partial charge in [-0.25, -0.2) is 9.59 Å². The van der Waals surface area contributed by atoms with Crippen molar-refractivity contribution in [2.75, 3.05) is 13.7 Å². The summed E-state index contributed by atoms with van der Waals surface area (Å²) in [6, 6.07) is -1.07. The number of aliphatic carboxylic acids is 1. The maximum Gasteiger partial charge on any atom is 0.410 e. The minimum Gasteiger partial charge on any atom is -0.480 e. The molecule has 0 aliphatic rings. The smallest absolute Gasteiger partial charge is 0.410 e. The van der Waals surface area contributed by atoms with Gasteiger partial charge in [-0.3, -0.25) is 4.90 Å². The fourth-order valence-corrected chi connectivity index (χ4v) is 1.14. The maximum absolute atomic E-state index is 11.8. The van der Waals surface area contributed by atoms with Crippen LogP contribution in [0.25, 0.3) is 0 Å². The lowest BCUT2D eigenvalue weighted by Crippen LogP contribution is -2.48. The molecule has 6 heteroatoms. The van der Waals surface area contributed by atoms with Crippen molar-refractivity contribution in [2.45, 2.75) is 58.8 Å². The van der Waals surface area contributed by atoms with Gasteiger partial charge in [0.25, 0.3) is 0 Å². The number of amides is 1. The van der Waals surface area contributed by atoms with Crippen molar-refractivity contribution in [3.8, 4) is 0 Å². The third kappa shape index (κ3) is 7.66. The number of carbonyl (C=O) groups is 2. The first-order chi connectivity index (χ1) is 8.33. The molecule has 0 heterocycles. The highest BCUT2D eigenvalue weighted by molar-refractivity contribution is 5.80. The molecule has 6 nitrogen and oxygen atoms in total. The molecule has 0 aromatic rings. The SMILES string of the molecule is CN(C(=O)OC(C)(C)C)[C@@H](COC(C)(C)C)C(=O)O. The molecule has 0 fully saturated rings. The first-order valence-corrected chi connectivity index (χ1v) is 6.16. The number of rotatable bonds is 4. The normalized spacial score (nSPS) is 13.8. The molecule has 0 radical (unpaired) electrons. The molecule has 112 valence electrons. The van der Waals surface area contributed by atoms with E-state index in [9.17, 15) is 9.59 Å². The van der Waals surface area contributed by atoms with E-state index in [1.54, 1.807) is 20.8 Å². The van der Waals surface area contributed by atoms with Gasteiger partial charge >= 0.3 is 12.1 Å². The van der Waals surface area contributed by atoms with E-state index < -0.39 is 29.3 Å². The lowest BCUT2D eigenvalue weighted by atomic mass is 10.2. The summed E-state index contributed by atoms with van der Waals surface area (Å²) in [7, 11) is 1.39. The third-order valence-electron chi connectivity index (χ3n) is 2.11. The van der Waals surface area contributed by atoms with Crippen LogP contribution in [0.15, 0.2) is 0 Å². The summed E-state index contributed by atoms with van der Waals surface area (Å²) in [5, 5.41) is 9.16. The summed E-state index contributed by atoms with van der Waals surface area (Å²) < 4.78 is 10.6. The Morgan fingerprint density at radius 3 is 1.89 bits per heavy atom. The highest BCUT2D eigenvalue weighted by Gasteiger charge is 2.31. The van der Waals surface area contributed by atoms with Crippen molar-refractivity contribution in [3.05, 3.63) is 0 Å². The van der Waals surface area contributed by atoms with Crippen molar-refractivity contribution >= 4 is 12.1 Å².